The first-order valence-corrected chi connectivity index (χ1v) is 8.18. The summed E-state index contributed by atoms with van der Waals surface area (Å²) in [6.07, 6.45) is 3.23. The summed E-state index contributed by atoms with van der Waals surface area (Å²) in [5.41, 5.74) is 0. The number of ether oxygens (including phenoxy) is 3. The second kappa shape index (κ2) is 7.81. The molecule has 1 N–H and O–H groups in total. The maximum atomic E-state index is 10.0. The predicted molar refractivity (Wildman–Crippen MR) is 83.5 cm³/mol. The molecule has 1 fully saturated rings. The molecule has 2 heterocycles. The monoisotopic (exact) mass is 307 g/mol. The van der Waals surface area contributed by atoms with E-state index in [1.165, 1.54) is 19.3 Å². The van der Waals surface area contributed by atoms with Crippen molar-refractivity contribution in [1.82, 2.24) is 4.90 Å². The number of para-hydroxylation sites is 2. The minimum absolute atomic E-state index is 0.114. The molecule has 0 aliphatic carbocycles. The summed E-state index contributed by atoms with van der Waals surface area (Å²) < 4.78 is 17.1. The van der Waals surface area contributed by atoms with Gasteiger partial charge in [-0.3, -0.25) is 0 Å². The third-order valence-corrected chi connectivity index (χ3v) is 4.10. The topological polar surface area (TPSA) is 51.2 Å². The second-order valence-corrected chi connectivity index (χ2v) is 6.05. The zero-order valence-corrected chi connectivity index (χ0v) is 12.9. The maximum absolute atomic E-state index is 10.0. The Morgan fingerprint density at radius 1 is 1.18 bits per heavy atom. The lowest BCUT2D eigenvalue weighted by Gasteiger charge is -2.29. The summed E-state index contributed by atoms with van der Waals surface area (Å²) in [7, 11) is 0. The van der Waals surface area contributed by atoms with Crippen LogP contribution in [0.2, 0.25) is 0 Å². The van der Waals surface area contributed by atoms with E-state index in [2.05, 4.69) is 4.90 Å². The van der Waals surface area contributed by atoms with E-state index in [0.717, 1.165) is 24.6 Å². The minimum Gasteiger partial charge on any atom is -0.486 e. The molecule has 5 nitrogen and oxygen atoms in total. The highest BCUT2D eigenvalue weighted by molar-refractivity contribution is 5.40. The van der Waals surface area contributed by atoms with Gasteiger partial charge in [-0.1, -0.05) is 18.6 Å². The maximum Gasteiger partial charge on any atom is 0.161 e. The third-order valence-electron chi connectivity index (χ3n) is 4.10. The molecule has 0 amide bonds. The van der Waals surface area contributed by atoms with Crippen molar-refractivity contribution in [2.24, 2.45) is 0 Å². The summed E-state index contributed by atoms with van der Waals surface area (Å²) in [5, 5.41) is 10.0. The molecule has 22 heavy (non-hydrogen) atoms. The van der Waals surface area contributed by atoms with Gasteiger partial charge >= 0.3 is 0 Å². The lowest BCUT2D eigenvalue weighted by atomic mass is 10.1. The molecule has 122 valence electrons. The van der Waals surface area contributed by atoms with Crippen LogP contribution in [0.25, 0.3) is 0 Å². The molecule has 1 aromatic carbocycles. The van der Waals surface area contributed by atoms with E-state index >= 15 is 0 Å². The van der Waals surface area contributed by atoms with Gasteiger partial charge in [0.15, 0.2) is 17.6 Å². The van der Waals surface area contributed by atoms with E-state index in [1.54, 1.807) is 0 Å². The Morgan fingerprint density at radius 2 is 1.95 bits per heavy atom. The number of hydrogen-bond donors (Lipinski definition) is 1. The van der Waals surface area contributed by atoms with Crippen LogP contribution in [0.4, 0.5) is 0 Å². The standard InChI is InChI=1S/C17H25NO4/c19-14(10-18-8-4-1-5-9-18)11-20-12-15-13-21-16-6-2-3-7-17(16)22-15/h2-3,6-7,14-15,19H,1,4-5,8-13H2/t14-,15-/m1/s1. The zero-order chi connectivity index (χ0) is 15.2. The molecule has 0 unspecified atom stereocenters. The number of benzene rings is 1. The molecule has 5 heteroatoms. The fourth-order valence-electron chi connectivity index (χ4n) is 2.97. The van der Waals surface area contributed by atoms with Crippen molar-refractivity contribution < 1.29 is 19.3 Å². The van der Waals surface area contributed by atoms with E-state index < -0.39 is 6.10 Å². The van der Waals surface area contributed by atoms with Gasteiger partial charge in [0.05, 0.1) is 19.3 Å². The van der Waals surface area contributed by atoms with Crippen molar-refractivity contribution >= 4 is 0 Å². The molecule has 0 radical (unpaired) electrons. The van der Waals surface area contributed by atoms with Crippen LogP contribution in [0.3, 0.4) is 0 Å². The molecule has 0 bridgehead atoms. The number of nitrogens with zero attached hydrogens (tertiary/aromatic N) is 1. The smallest absolute Gasteiger partial charge is 0.161 e. The fraction of sp³-hybridized carbons (Fsp3) is 0.647. The van der Waals surface area contributed by atoms with Gasteiger partial charge in [0.2, 0.25) is 0 Å². The number of aliphatic hydroxyl groups excluding tert-OH is 1. The first kappa shape index (κ1) is 15.6. The fourth-order valence-corrected chi connectivity index (χ4v) is 2.97. The van der Waals surface area contributed by atoms with E-state index in [9.17, 15) is 5.11 Å². The molecule has 0 saturated carbocycles. The Kier molecular flexibility index (Phi) is 5.53. The average Bonchev–Trinajstić information content (AvgIpc) is 2.55. The molecule has 0 aromatic heterocycles. The SMILES string of the molecule is O[C@@H](COC[C@@H]1COc2ccccc2O1)CN1CCCCC1. The second-order valence-electron chi connectivity index (χ2n) is 6.05. The summed E-state index contributed by atoms with van der Waals surface area (Å²) in [5.74, 6) is 1.54. The zero-order valence-electron chi connectivity index (χ0n) is 12.9. The molecule has 3 rings (SSSR count). The van der Waals surface area contributed by atoms with Crippen molar-refractivity contribution in [3.63, 3.8) is 0 Å². The van der Waals surface area contributed by atoms with Crippen molar-refractivity contribution in [2.45, 2.75) is 31.5 Å². The van der Waals surface area contributed by atoms with Gasteiger partial charge < -0.3 is 24.2 Å². The molecule has 2 aliphatic rings. The van der Waals surface area contributed by atoms with Gasteiger partial charge in [-0.25, -0.2) is 0 Å². The van der Waals surface area contributed by atoms with Crippen LogP contribution in [-0.2, 0) is 4.74 Å². The Bertz CT molecular complexity index is 462. The van der Waals surface area contributed by atoms with E-state index in [0.29, 0.717) is 26.4 Å². The van der Waals surface area contributed by atoms with Crippen molar-refractivity contribution in [2.75, 3.05) is 39.5 Å². The van der Waals surface area contributed by atoms with Gasteiger partial charge in [0.25, 0.3) is 0 Å². The van der Waals surface area contributed by atoms with E-state index in [4.69, 9.17) is 14.2 Å². The Labute approximate surface area is 131 Å². The lowest BCUT2D eigenvalue weighted by molar-refractivity contribution is -0.0300. The van der Waals surface area contributed by atoms with Gasteiger partial charge in [-0.15, -0.1) is 0 Å². The highest BCUT2D eigenvalue weighted by Gasteiger charge is 2.21. The summed E-state index contributed by atoms with van der Waals surface area (Å²) >= 11 is 0. The van der Waals surface area contributed by atoms with Gasteiger partial charge in [0, 0.05) is 6.54 Å². The van der Waals surface area contributed by atoms with E-state index in [1.807, 2.05) is 24.3 Å². The summed E-state index contributed by atoms with van der Waals surface area (Å²) in [4.78, 5) is 2.31. The van der Waals surface area contributed by atoms with Crippen LogP contribution in [0.5, 0.6) is 11.5 Å². The van der Waals surface area contributed by atoms with E-state index in [-0.39, 0.29) is 6.10 Å². The molecular weight excluding hydrogens is 282 g/mol. The van der Waals surface area contributed by atoms with Gasteiger partial charge in [0.1, 0.15) is 6.61 Å². The highest BCUT2D eigenvalue weighted by atomic mass is 16.6. The number of piperidine rings is 1. The first-order chi connectivity index (χ1) is 10.8. The molecule has 0 spiro atoms. The lowest BCUT2D eigenvalue weighted by Crippen LogP contribution is -2.39. The molecule has 1 aromatic rings. The van der Waals surface area contributed by atoms with Crippen molar-refractivity contribution in [3.8, 4) is 11.5 Å². The Balaban J connectivity index is 1.35. The van der Waals surface area contributed by atoms with Crippen LogP contribution in [0.1, 0.15) is 19.3 Å². The largest absolute Gasteiger partial charge is 0.486 e. The van der Waals surface area contributed by atoms with Gasteiger partial charge in [-0.2, -0.15) is 0 Å². The number of fused-ring (bicyclic) bond motifs is 1. The van der Waals surface area contributed by atoms with Crippen molar-refractivity contribution in [3.05, 3.63) is 24.3 Å². The number of aliphatic hydroxyl groups is 1. The number of rotatable bonds is 6. The molecule has 1 saturated heterocycles. The van der Waals surface area contributed by atoms with Crippen LogP contribution in [-0.4, -0.2) is 61.7 Å². The third kappa shape index (κ3) is 4.35. The highest BCUT2D eigenvalue weighted by Crippen LogP contribution is 2.30. The number of likely N-dealkylation sites (tertiary alicyclic amines) is 1. The first-order valence-electron chi connectivity index (χ1n) is 8.18. The van der Waals surface area contributed by atoms with Crippen molar-refractivity contribution in [1.29, 1.82) is 0 Å². The minimum atomic E-state index is -0.435. The molecule has 2 atom stereocenters. The van der Waals surface area contributed by atoms with Crippen LogP contribution in [0, 0.1) is 0 Å². The average molecular weight is 307 g/mol. The van der Waals surface area contributed by atoms with Crippen LogP contribution in [0.15, 0.2) is 24.3 Å². The summed E-state index contributed by atoms with van der Waals surface area (Å²) in [6, 6.07) is 7.64. The summed E-state index contributed by atoms with van der Waals surface area (Å²) in [6.45, 7) is 4.15. The quantitative estimate of drug-likeness (QED) is 0.867. The Morgan fingerprint density at radius 3 is 2.77 bits per heavy atom. The van der Waals surface area contributed by atoms with Crippen LogP contribution >= 0.6 is 0 Å². The molecule has 2 aliphatic heterocycles. The predicted octanol–water partition coefficient (Wildman–Crippen LogP) is 1.69. The molecular formula is C17H25NO4. The van der Waals surface area contributed by atoms with Crippen LogP contribution < -0.4 is 9.47 Å². The normalized spacial score (nSPS) is 23.2. The number of hydrogen-bond acceptors (Lipinski definition) is 5. The number of β-amino-alcohol motifs (C(OH)–C–C–N with tert-alkyl or cyclic N) is 1. The Hall–Kier alpha value is -1.30. The van der Waals surface area contributed by atoms with Gasteiger partial charge in [-0.05, 0) is 38.1 Å².